The second-order valence-corrected chi connectivity index (χ2v) is 4.38. The van der Waals surface area contributed by atoms with Crippen molar-refractivity contribution in [2.45, 2.75) is 25.6 Å². The Bertz CT molecular complexity index is 335. The maximum absolute atomic E-state index is 9.46. The van der Waals surface area contributed by atoms with E-state index in [1.54, 1.807) is 12.1 Å². The summed E-state index contributed by atoms with van der Waals surface area (Å²) < 4.78 is 11.7. The number of aromatic hydroxyl groups is 1. The van der Waals surface area contributed by atoms with Gasteiger partial charge in [0.1, 0.15) is 11.5 Å². The van der Waals surface area contributed by atoms with Gasteiger partial charge < -0.3 is 14.6 Å². The lowest BCUT2D eigenvalue weighted by molar-refractivity contribution is -0.105. The number of hydrogen-bond donors (Lipinski definition) is 1. The topological polar surface area (TPSA) is 38.7 Å². The second-order valence-electron chi connectivity index (χ2n) is 3.53. The Balaban J connectivity index is 2.00. The Hall–Kier alpha value is -0.740. The minimum absolute atomic E-state index is 0.167. The van der Waals surface area contributed by atoms with Crippen molar-refractivity contribution in [3.05, 3.63) is 22.7 Å². The lowest BCUT2D eigenvalue weighted by Gasteiger charge is -2.23. The molecule has 0 aliphatic carbocycles. The SMILES string of the molecule is Oc1cc(O[C@H]2CCCCO2)ccc1Br. The van der Waals surface area contributed by atoms with Crippen LogP contribution >= 0.6 is 15.9 Å². The molecule has 1 heterocycles. The normalized spacial score (nSPS) is 21.3. The zero-order chi connectivity index (χ0) is 10.7. The predicted molar refractivity (Wildman–Crippen MR) is 60.0 cm³/mol. The molecule has 1 atom stereocenters. The van der Waals surface area contributed by atoms with Gasteiger partial charge in [0.25, 0.3) is 0 Å². The fourth-order valence-electron chi connectivity index (χ4n) is 1.52. The van der Waals surface area contributed by atoms with Gasteiger partial charge in [-0.1, -0.05) is 0 Å². The zero-order valence-corrected chi connectivity index (χ0v) is 9.87. The Labute approximate surface area is 97.1 Å². The van der Waals surface area contributed by atoms with Gasteiger partial charge in [-0.2, -0.15) is 0 Å². The first-order valence-corrected chi connectivity index (χ1v) is 5.82. The van der Waals surface area contributed by atoms with Crippen molar-refractivity contribution >= 4 is 15.9 Å². The molecule has 2 rings (SSSR count). The monoisotopic (exact) mass is 272 g/mol. The van der Waals surface area contributed by atoms with E-state index in [-0.39, 0.29) is 12.0 Å². The van der Waals surface area contributed by atoms with Crippen LogP contribution in [0.1, 0.15) is 19.3 Å². The summed E-state index contributed by atoms with van der Waals surface area (Å²) in [6, 6.07) is 5.15. The molecule has 1 saturated heterocycles. The largest absolute Gasteiger partial charge is 0.507 e. The standard InChI is InChI=1S/C11H13BrO3/c12-9-5-4-8(7-10(9)13)15-11-3-1-2-6-14-11/h4-5,7,11,13H,1-3,6H2/t11-/m0/s1. The molecule has 1 aromatic carbocycles. The number of rotatable bonds is 2. The fourth-order valence-corrected chi connectivity index (χ4v) is 1.77. The summed E-state index contributed by atoms with van der Waals surface area (Å²) in [7, 11) is 0. The third-order valence-corrected chi connectivity index (χ3v) is 2.99. The molecule has 1 aliphatic rings. The van der Waals surface area contributed by atoms with Crippen molar-refractivity contribution < 1.29 is 14.6 Å². The van der Waals surface area contributed by atoms with Crippen molar-refractivity contribution in [3.8, 4) is 11.5 Å². The summed E-state index contributed by atoms with van der Waals surface area (Å²) in [5.41, 5.74) is 0. The molecule has 0 spiro atoms. The Kier molecular flexibility index (Phi) is 3.49. The lowest BCUT2D eigenvalue weighted by Crippen LogP contribution is -2.24. The highest BCUT2D eigenvalue weighted by Crippen LogP contribution is 2.29. The van der Waals surface area contributed by atoms with Gasteiger partial charge in [-0.15, -0.1) is 0 Å². The van der Waals surface area contributed by atoms with Gasteiger partial charge in [0.2, 0.25) is 0 Å². The maximum atomic E-state index is 9.46. The molecule has 1 N–H and O–H groups in total. The van der Waals surface area contributed by atoms with E-state index in [1.807, 2.05) is 6.07 Å². The van der Waals surface area contributed by atoms with Gasteiger partial charge in [0, 0.05) is 12.5 Å². The summed E-state index contributed by atoms with van der Waals surface area (Å²) in [6.45, 7) is 0.757. The van der Waals surface area contributed by atoms with E-state index in [1.165, 1.54) is 0 Å². The van der Waals surface area contributed by atoms with Crippen molar-refractivity contribution in [3.63, 3.8) is 0 Å². The molecule has 4 heteroatoms. The molecule has 3 nitrogen and oxygen atoms in total. The number of phenolic OH excluding ortho intramolecular Hbond substituents is 1. The molecule has 0 unspecified atom stereocenters. The van der Waals surface area contributed by atoms with E-state index in [2.05, 4.69) is 15.9 Å². The predicted octanol–water partition coefficient (Wildman–Crippen LogP) is 3.06. The van der Waals surface area contributed by atoms with Crippen LogP contribution in [0, 0.1) is 0 Å². The molecule has 1 fully saturated rings. The van der Waals surface area contributed by atoms with Crippen molar-refractivity contribution in [2.24, 2.45) is 0 Å². The number of hydrogen-bond acceptors (Lipinski definition) is 3. The molecule has 82 valence electrons. The molecule has 0 aromatic heterocycles. The van der Waals surface area contributed by atoms with E-state index < -0.39 is 0 Å². The molecule has 0 saturated carbocycles. The Morgan fingerprint density at radius 1 is 1.40 bits per heavy atom. The second kappa shape index (κ2) is 4.86. The first-order valence-electron chi connectivity index (χ1n) is 5.02. The van der Waals surface area contributed by atoms with Crippen molar-refractivity contribution in [1.82, 2.24) is 0 Å². The van der Waals surface area contributed by atoms with Crippen molar-refractivity contribution in [2.75, 3.05) is 6.61 Å². The Morgan fingerprint density at radius 3 is 2.93 bits per heavy atom. The van der Waals surface area contributed by atoms with E-state index in [0.717, 1.165) is 25.9 Å². The van der Waals surface area contributed by atoms with E-state index >= 15 is 0 Å². The van der Waals surface area contributed by atoms with Crippen LogP contribution in [0.3, 0.4) is 0 Å². The number of halogens is 1. The van der Waals surface area contributed by atoms with Crippen LogP contribution < -0.4 is 4.74 Å². The van der Waals surface area contributed by atoms with E-state index in [9.17, 15) is 5.11 Å². The summed E-state index contributed by atoms with van der Waals surface area (Å²) in [6.07, 6.45) is 2.98. The number of ether oxygens (including phenoxy) is 2. The zero-order valence-electron chi connectivity index (χ0n) is 8.28. The summed E-state index contributed by atoms with van der Waals surface area (Å²) in [5, 5.41) is 9.46. The molecule has 1 aliphatic heterocycles. The van der Waals surface area contributed by atoms with Gasteiger partial charge in [-0.3, -0.25) is 0 Å². The third kappa shape index (κ3) is 2.86. The highest BCUT2D eigenvalue weighted by molar-refractivity contribution is 9.10. The molecular formula is C11H13BrO3. The smallest absolute Gasteiger partial charge is 0.199 e. The van der Waals surface area contributed by atoms with Crippen LogP contribution in [0.25, 0.3) is 0 Å². The average Bonchev–Trinajstić information content (AvgIpc) is 2.25. The molecule has 0 bridgehead atoms. The first-order chi connectivity index (χ1) is 7.25. The molecule has 15 heavy (non-hydrogen) atoms. The molecule has 1 aromatic rings. The van der Waals surface area contributed by atoms with Gasteiger partial charge in [-0.05, 0) is 40.9 Å². The number of benzene rings is 1. The molecular weight excluding hydrogens is 260 g/mol. The van der Waals surface area contributed by atoms with Crippen molar-refractivity contribution in [1.29, 1.82) is 0 Å². The number of phenols is 1. The highest BCUT2D eigenvalue weighted by Gasteiger charge is 2.15. The van der Waals surface area contributed by atoms with E-state index in [0.29, 0.717) is 10.2 Å². The minimum atomic E-state index is -0.167. The Morgan fingerprint density at radius 2 is 2.27 bits per heavy atom. The van der Waals surface area contributed by atoms with Crippen LogP contribution in [0.2, 0.25) is 0 Å². The van der Waals surface area contributed by atoms with Crippen LogP contribution in [-0.4, -0.2) is 18.0 Å². The first kappa shape index (κ1) is 10.8. The van der Waals surface area contributed by atoms with Crippen LogP contribution in [0.5, 0.6) is 11.5 Å². The van der Waals surface area contributed by atoms with Crippen LogP contribution in [0.15, 0.2) is 22.7 Å². The fraction of sp³-hybridized carbons (Fsp3) is 0.455. The van der Waals surface area contributed by atoms with Crippen LogP contribution in [-0.2, 0) is 4.74 Å². The molecule has 0 amide bonds. The quantitative estimate of drug-likeness (QED) is 0.900. The molecule has 0 radical (unpaired) electrons. The van der Waals surface area contributed by atoms with Gasteiger partial charge in [0.05, 0.1) is 11.1 Å². The average molecular weight is 273 g/mol. The van der Waals surface area contributed by atoms with Gasteiger partial charge in [0.15, 0.2) is 6.29 Å². The summed E-state index contributed by atoms with van der Waals surface area (Å²) in [4.78, 5) is 0. The minimum Gasteiger partial charge on any atom is -0.507 e. The third-order valence-electron chi connectivity index (χ3n) is 2.32. The highest BCUT2D eigenvalue weighted by atomic mass is 79.9. The summed E-state index contributed by atoms with van der Waals surface area (Å²) in [5.74, 6) is 0.825. The summed E-state index contributed by atoms with van der Waals surface area (Å²) >= 11 is 3.22. The maximum Gasteiger partial charge on any atom is 0.199 e. The van der Waals surface area contributed by atoms with Crippen LogP contribution in [0.4, 0.5) is 0 Å². The van der Waals surface area contributed by atoms with Gasteiger partial charge >= 0.3 is 0 Å². The van der Waals surface area contributed by atoms with E-state index in [4.69, 9.17) is 9.47 Å². The van der Waals surface area contributed by atoms with Gasteiger partial charge in [-0.25, -0.2) is 0 Å². The lowest BCUT2D eigenvalue weighted by atomic mass is 10.2.